The van der Waals surface area contributed by atoms with Crippen LogP contribution in [0.5, 0.6) is 0 Å². The third kappa shape index (κ3) is 2.46. The summed E-state index contributed by atoms with van der Waals surface area (Å²) in [6, 6.07) is 9.39. The van der Waals surface area contributed by atoms with Gasteiger partial charge in [0, 0.05) is 0 Å². The van der Waals surface area contributed by atoms with E-state index in [2.05, 4.69) is 24.3 Å². The second-order valence-electron chi connectivity index (χ2n) is 10.2. The van der Waals surface area contributed by atoms with Crippen molar-refractivity contribution in [2.45, 2.75) is 31.8 Å². The molecule has 4 nitrogen and oxygen atoms in total. The highest BCUT2D eigenvalue weighted by Gasteiger charge is 2.58. The first-order valence-corrected chi connectivity index (χ1v) is 11.8. The van der Waals surface area contributed by atoms with Gasteiger partial charge in [0.25, 0.3) is 0 Å². The fourth-order valence-electron chi connectivity index (χ4n) is 7.73. The SMILES string of the molecule is O=C1[C@H]2C=C3CO[C@@H]4C=C5CCC=C[C@@H]6CC([C@H]4[C@H]56)[C@H]3C[C@H]2C(=O)N1c1ccccc1. The van der Waals surface area contributed by atoms with Gasteiger partial charge in [0.1, 0.15) is 0 Å². The summed E-state index contributed by atoms with van der Waals surface area (Å²) >= 11 is 0. The van der Waals surface area contributed by atoms with E-state index in [4.69, 9.17) is 4.74 Å². The van der Waals surface area contributed by atoms with Gasteiger partial charge in [0.2, 0.25) is 11.8 Å². The summed E-state index contributed by atoms with van der Waals surface area (Å²) in [5.74, 6) is 2.01. The van der Waals surface area contributed by atoms with Crippen LogP contribution in [-0.2, 0) is 14.3 Å². The smallest absolute Gasteiger partial charge is 0.241 e. The van der Waals surface area contributed by atoms with E-state index in [1.54, 1.807) is 5.57 Å². The third-order valence-corrected chi connectivity index (χ3v) is 8.91. The molecule has 7 rings (SSSR count). The Balaban J connectivity index is 1.25. The predicted molar refractivity (Wildman–Crippen MR) is 117 cm³/mol. The minimum absolute atomic E-state index is 0.0180. The molecule has 31 heavy (non-hydrogen) atoms. The van der Waals surface area contributed by atoms with Crippen molar-refractivity contribution in [3.63, 3.8) is 0 Å². The first-order valence-electron chi connectivity index (χ1n) is 11.8. The van der Waals surface area contributed by atoms with Gasteiger partial charge in [0.05, 0.1) is 30.2 Å². The standard InChI is InChI=1S/C27H27NO3/c29-26-21-11-17-14-31-23-12-16-7-5-4-6-15-10-20(25(23)24(15)16)19(17)13-22(21)27(30)28(26)18-8-2-1-3-9-18/h1-4,6,8-9,11-12,15,19-25H,5,7,10,13-14H2/t15-,19+,20?,21+,22-,23-,24+,25-/m1/s1. The summed E-state index contributed by atoms with van der Waals surface area (Å²) < 4.78 is 6.47. The molecule has 0 N–H and O–H groups in total. The number of hydrogen-bond acceptors (Lipinski definition) is 3. The molecular formula is C27H27NO3. The lowest BCUT2D eigenvalue weighted by atomic mass is 9.68. The van der Waals surface area contributed by atoms with E-state index in [1.165, 1.54) is 16.9 Å². The van der Waals surface area contributed by atoms with Gasteiger partial charge in [-0.2, -0.15) is 0 Å². The van der Waals surface area contributed by atoms with Crippen LogP contribution in [0.3, 0.4) is 0 Å². The number of para-hydroxylation sites is 1. The number of hydrogen-bond donors (Lipinski definition) is 0. The number of nitrogens with zero attached hydrogens (tertiary/aromatic N) is 1. The van der Waals surface area contributed by atoms with E-state index < -0.39 is 0 Å². The number of carbonyl (C=O) groups is 2. The Bertz CT molecular complexity index is 1050. The number of rotatable bonds is 1. The summed E-state index contributed by atoms with van der Waals surface area (Å²) in [5.41, 5.74) is 3.57. The monoisotopic (exact) mass is 413 g/mol. The van der Waals surface area contributed by atoms with Crippen molar-refractivity contribution in [1.82, 2.24) is 0 Å². The summed E-state index contributed by atoms with van der Waals surface area (Å²) in [5, 5.41) is 0. The molecule has 0 aromatic heterocycles. The minimum atomic E-state index is -0.335. The fourth-order valence-corrected chi connectivity index (χ4v) is 7.73. The highest BCUT2D eigenvalue weighted by Crippen LogP contribution is 2.60. The molecule has 0 spiro atoms. The zero-order valence-corrected chi connectivity index (χ0v) is 17.5. The van der Waals surface area contributed by atoms with Crippen molar-refractivity contribution in [2.75, 3.05) is 11.5 Å². The van der Waals surface area contributed by atoms with E-state index in [1.807, 2.05) is 30.3 Å². The van der Waals surface area contributed by atoms with Crippen LogP contribution in [0.4, 0.5) is 5.69 Å². The molecule has 158 valence electrons. The Morgan fingerprint density at radius 3 is 2.68 bits per heavy atom. The van der Waals surface area contributed by atoms with Crippen LogP contribution in [0, 0.1) is 41.4 Å². The molecule has 1 aromatic carbocycles. The molecule has 1 unspecified atom stereocenters. The van der Waals surface area contributed by atoms with Crippen molar-refractivity contribution < 1.29 is 14.3 Å². The molecule has 3 fully saturated rings. The average molecular weight is 414 g/mol. The van der Waals surface area contributed by atoms with Crippen LogP contribution in [0.1, 0.15) is 25.7 Å². The first kappa shape index (κ1) is 18.1. The van der Waals surface area contributed by atoms with Crippen molar-refractivity contribution in [3.8, 4) is 0 Å². The second-order valence-corrected chi connectivity index (χ2v) is 10.2. The summed E-state index contributed by atoms with van der Waals surface area (Å²) in [4.78, 5) is 28.1. The molecule has 8 atom stereocenters. The highest BCUT2D eigenvalue weighted by atomic mass is 16.5. The zero-order chi connectivity index (χ0) is 20.7. The second kappa shape index (κ2) is 6.52. The first-order chi connectivity index (χ1) is 15.2. The molecule has 1 aromatic rings. The lowest BCUT2D eigenvalue weighted by Gasteiger charge is -2.34. The van der Waals surface area contributed by atoms with Crippen molar-refractivity contribution in [2.24, 2.45) is 41.4 Å². The van der Waals surface area contributed by atoms with Gasteiger partial charge in [-0.3, -0.25) is 9.59 Å². The van der Waals surface area contributed by atoms with E-state index in [0.717, 1.165) is 19.3 Å². The van der Waals surface area contributed by atoms with E-state index >= 15 is 0 Å². The van der Waals surface area contributed by atoms with Crippen LogP contribution in [0.15, 0.2) is 65.8 Å². The summed E-state index contributed by atoms with van der Waals surface area (Å²) in [6.45, 7) is 0.607. The maximum Gasteiger partial charge on any atom is 0.241 e. The lowest BCUT2D eigenvalue weighted by Crippen LogP contribution is -2.33. The normalized spacial score (nSPS) is 42.4. The predicted octanol–water partition coefficient (Wildman–Crippen LogP) is 4.30. The number of amides is 2. The molecular weight excluding hydrogens is 386 g/mol. The maximum absolute atomic E-state index is 13.4. The molecule has 2 amide bonds. The Hall–Kier alpha value is -2.46. The molecule has 4 heteroatoms. The third-order valence-electron chi connectivity index (χ3n) is 8.91. The summed E-state index contributed by atoms with van der Waals surface area (Å²) in [7, 11) is 0. The van der Waals surface area contributed by atoms with Crippen LogP contribution < -0.4 is 4.90 Å². The largest absolute Gasteiger partial charge is 0.369 e. The molecule has 4 aliphatic carbocycles. The van der Waals surface area contributed by atoms with Gasteiger partial charge in [-0.15, -0.1) is 0 Å². The lowest BCUT2D eigenvalue weighted by molar-refractivity contribution is -0.122. The Labute approximate surface area is 182 Å². The number of benzene rings is 1. The van der Waals surface area contributed by atoms with Crippen LogP contribution >= 0.6 is 0 Å². The van der Waals surface area contributed by atoms with E-state index in [9.17, 15) is 9.59 Å². The topological polar surface area (TPSA) is 46.6 Å². The van der Waals surface area contributed by atoms with Crippen LogP contribution in [0.2, 0.25) is 0 Å². The number of ether oxygens (including phenoxy) is 1. The number of imide groups is 1. The molecule has 6 aliphatic rings. The van der Waals surface area contributed by atoms with Gasteiger partial charge in [-0.05, 0) is 73.0 Å². The Morgan fingerprint density at radius 2 is 1.81 bits per heavy atom. The highest BCUT2D eigenvalue weighted by molar-refractivity contribution is 6.22. The van der Waals surface area contributed by atoms with E-state index in [0.29, 0.717) is 41.9 Å². The fraction of sp³-hybridized carbons (Fsp3) is 0.481. The van der Waals surface area contributed by atoms with Gasteiger partial charge in [-0.25, -0.2) is 4.90 Å². The number of fused-ring (bicyclic) bond motifs is 3. The summed E-state index contributed by atoms with van der Waals surface area (Å²) in [6.07, 6.45) is 13.9. The molecule has 0 radical (unpaired) electrons. The van der Waals surface area contributed by atoms with Crippen LogP contribution in [-0.4, -0.2) is 24.5 Å². The number of anilines is 1. The quantitative estimate of drug-likeness (QED) is 0.510. The zero-order valence-electron chi connectivity index (χ0n) is 17.5. The number of carbonyl (C=O) groups excluding carboxylic acids is 2. The van der Waals surface area contributed by atoms with Crippen molar-refractivity contribution >= 4 is 17.5 Å². The molecule has 2 heterocycles. The molecule has 0 bridgehead atoms. The van der Waals surface area contributed by atoms with Crippen molar-refractivity contribution in [3.05, 3.63) is 65.8 Å². The Morgan fingerprint density at radius 1 is 0.935 bits per heavy atom. The Kier molecular flexibility index (Phi) is 3.82. The van der Waals surface area contributed by atoms with Gasteiger partial charge in [0.15, 0.2) is 0 Å². The van der Waals surface area contributed by atoms with Crippen molar-refractivity contribution in [1.29, 1.82) is 0 Å². The number of allylic oxidation sites excluding steroid dienone is 3. The molecule has 1 saturated carbocycles. The van der Waals surface area contributed by atoms with Crippen LogP contribution in [0.25, 0.3) is 0 Å². The minimum Gasteiger partial charge on any atom is -0.369 e. The average Bonchev–Trinajstić information content (AvgIpc) is 3.31. The van der Waals surface area contributed by atoms with E-state index in [-0.39, 0.29) is 29.8 Å². The molecule has 2 saturated heterocycles. The molecule has 2 aliphatic heterocycles. The maximum atomic E-state index is 13.4. The van der Waals surface area contributed by atoms with Gasteiger partial charge < -0.3 is 4.74 Å². The van der Waals surface area contributed by atoms with Gasteiger partial charge in [-0.1, -0.05) is 48.1 Å². The van der Waals surface area contributed by atoms with Gasteiger partial charge >= 0.3 is 0 Å².